The van der Waals surface area contributed by atoms with Gasteiger partial charge in [-0.25, -0.2) is 0 Å². The molecule has 0 bridgehead atoms. The van der Waals surface area contributed by atoms with E-state index in [1.807, 2.05) is 30.3 Å². The van der Waals surface area contributed by atoms with Crippen molar-refractivity contribution < 1.29 is 9.47 Å². The summed E-state index contributed by atoms with van der Waals surface area (Å²) >= 11 is 0. The van der Waals surface area contributed by atoms with E-state index in [4.69, 9.17) is 9.47 Å². The number of ether oxygens (including phenoxy) is 2. The van der Waals surface area contributed by atoms with Crippen LogP contribution in [0.15, 0.2) is 30.3 Å². The van der Waals surface area contributed by atoms with Gasteiger partial charge in [-0.3, -0.25) is 0 Å². The minimum absolute atomic E-state index is 0.435. The molecule has 0 radical (unpaired) electrons. The number of rotatable bonds is 5. The Labute approximate surface area is 79.5 Å². The number of methoxy groups -OCH3 is 1. The number of hydrogen-bond donors (Lipinski definition) is 0. The average molecular weight is 180 g/mol. The van der Waals surface area contributed by atoms with Crippen molar-refractivity contribution in [1.29, 1.82) is 0 Å². The minimum atomic E-state index is 0.435. The summed E-state index contributed by atoms with van der Waals surface area (Å²) in [6, 6.07) is 9.83. The molecule has 0 fully saturated rings. The molecule has 1 unspecified atom stereocenters. The molecule has 0 aromatic heterocycles. The minimum Gasteiger partial charge on any atom is -0.493 e. The van der Waals surface area contributed by atoms with Crippen LogP contribution < -0.4 is 4.74 Å². The van der Waals surface area contributed by atoms with E-state index in [2.05, 4.69) is 6.92 Å². The molecule has 0 N–H and O–H groups in total. The van der Waals surface area contributed by atoms with Gasteiger partial charge in [0, 0.05) is 13.0 Å². The molecule has 1 aromatic carbocycles. The third-order valence-corrected chi connectivity index (χ3v) is 1.73. The molecule has 0 spiro atoms. The van der Waals surface area contributed by atoms with Crippen molar-refractivity contribution in [2.24, 2.45) is 5.92 Å². The van der Waals surface area contributed by atoms with Gasteiger partial charge in [0.1, 0.15) is 5.75 Å². The third-order valence-electron chi connectivity index (χ3n) is 1.73. The maximum atomic E-state index is 5.54. The summed E-state index contributed by atoms with van der Waals surface area (Å²) in [7, 11) is 1.71. The first-order chi connectivity index (χ1) is 6.33. The van der Waals surface area contributed by atoms with Crippen LogP contribution in [0.3, 0.4) is 0 Å². The van der Waals surface area contributed by atoms with Crippen molar-refractivity contribution in [3.05, 3.63) is 30.3 Å². The number of benzene rings is 1. The Hall–Kier alpha value is -1.02. The molecule has 0 aliphatic carbocycles. The Morgan fingerprint density at radius 3 is 2.46 bits per heavy atom. The maximum absolute atomic E-state index is 5.54. The standard InChI is InChI=1S/C11H16O2/c1-10(8-12-2)9-13-11-6-4-3-5-7-11/h3-7,10H,8-9H2,1-2H3. The highest BCUT2D eigenvalue weighted by atomic mass is 16.5. The molecule has 2 heteroatoms. The molecule has 1 atom stereocenters. The molecule has 0 aliphatic rings. The molecule has 72 valence electrons. The van der Waals surface area contributed by atoms with Crippen LogP contribution in [-0.2, 0) is 4.74 Å². The van der Waals surface area contributed by atoms with Crippen molar-refractivity contribution in [3.8, 4) is 5.75 Å². The van der Waals surface area contributed by atoms with Crippen LogP contribution in [0.1, 0.15) is 6.92 Å². The largest absolute Gasteiger partial charge is 0.493 e. The van der Waals surface area contributed by atoms with E-state index >= 15 is 0 Å². The van der Waals surface area contributed by atoms with E-state index in [1.165, 1.54) is 0 Å². The highest BCUT2D eigenvalue weighted by Crippen LogP contribution is 2.09. The van der Waals surface area contributed by atoms with Crippen LogP contribution in [0, 0.1) is 5.92 Å². The molecule has 1 aromatic rings. The van der Waals surface area contributed by atoms with E-state index < -0.39 is 0 Å². The van der Waals surface area contributed by atoms with Crippen molar-refractivity contribution in [2.75, 3.05) is 20.3 Å². The Kier molecular flexibility index (Phi) is 4.33. The fourth-order valence-electron chi connectivity index (χ4n) is 1.09. The highest BCUT2D eigenvalue weighted by Gasteiger charge is 2.01. The molecule has 13 heavy (non-hydrogen) atoms. The van der Waals surface area contributed by atoms with Crippen LogP contribution in [0.4, 0.5) is 0 Å². The monoisotopic (exact) mass is 180 g/mol. The summed E-state index contributed by atoms with van der Waals surface area (Å²) in [4.78, 5) is 0. The lowest BCUT2D eigenvalue weighted by atomic mass is 10.2. The fraction of sp³-hybridized carbons (Fsp3) is 0.455. The zero-order valence-electron chi connectivity index (χ0n) is 8.19. The van der Waals surface area contributed by atoms with E-state index in [0.717, 1.165) is 12.4 Å². The van der Waals surface area contributed by atoms with E-state index in [-0.39, 0.29) is 0 Å². The summed E-state index contributed by atoms with van der Waals surface area (Å²) in [5.41, 5.74) is 0. The smallest absolute Gasteiger partial charge is 0.119 e. The first-order valence-electron chi connectivity index (χ1n) is 4.49. The normalized spacial score (nSPS) is 12.5. The average Bonchev–Trinajstić information content (AvgIpc) is 2.17. The van der Waals surface area contributed by atoms with Gasteiger partial charge >= 0.3 is 0 Å². The molecular weight excluding hydrogens is 164 g/mol. The first-order valence-corrected chi connectivity index (χ1v) is 4.49. The predicted octanol–water partition coefficient (Wildman–Crippen LogP) is 2.35. The molecule has 0 saturated carbocycles. The fourth-order valence-corrected chi connectivity index (χ4v) is 1.09. The summed E-state index contributed by atoms with van der Waals surface area (Å²) < 4.78 is 10.6. The molecule has 2 nitrogen and oxygen atoms in total. The lowest BCUT2D eigenvalue weighted by Crippen LogP contribution is -2.13. The second-order valence-electron chi connectivity index (χ2n) is 3.18. The van der Waals surface area contributed by atoms with Crippen LogP contribution in [0.5, 0.6) is 5.75 Å². The van der Waals surface area contributed by atoms with E-state index in [9.17, 15) is 0 Å². The highest BCUT2D eigenvalue weighted by molar-refractivity contribution is 5.20. The third kappa shape index (κ3) is 3.95. The van der Waals surface area contributed by atoms with Gasteiger partial charge < -0.3 is 9.47 Å². The summed E-state index contributed by atoms with van der Waals surface area (Å²) in [5.74, 6) is 1.36. The topological polar surface area (TPSA) is 18.5 Å². The van der Waals surface area contributed by atoms with Gasteiger partial charge in [-0.1, -0.05) is 25.1 Å². The second kappa shape index (κ2) is 5.60. The SMILES string of the molecule is COCC(C)COc1ccccc1. The van der Waals surface area contributed by atoms with Crippen LogP contribution in [0.25, 0.3) is 0 Å². The van der Waals surface area contributed by atoms with Gasteiger partial charge in [0.25, 0.3) is 0 Å². The van der Waals surface area contributed by atoms with Crippen molar-refractivity contribution >= 4 is 0 Å². The van der Waals surface area contributed by atoms with Crippen LogP contribution >= 0.6 is 0 Å². The molecule has 0 amide bonds. The molecule has 0 heterocycles. The van der Waals surface area contributed by atoms with Gasteiger partial charge in [-0.15, -0.1) is 0 Å². The number of para-hydroxylation sites is 1. The maximum Gasteiger partial charge on any atom is 0.119 e. The summed E-state index contributed by atoms with van der Waals surface area (Å²) in [5, 5.41) is 0. The predicted molar refractivity (Wildman–Crippen MR) is 53.0 cm³/mol. The Morgan fingerprint density at radius 1 is 1.15 bits per heavy atom. The van der Waals surface area contributed by atoms with Crippen molar-refractivity contribution in [2.45, 2.75) is 6.92 Å². The van der Waals surface area contributed by atoms with E-state index in [1.54, 1.807) is 7.11 Å². The molecular formula is C11H16O2. The van der Waals surface area contributed by atoms with Crippen LogP contribution in [0.2, 0.25) is 0 Å². The van der Waals surface area contributed by atoms with Crippen molar-refractivity contribution in [1.82, 2.24) is 0 Å². The quantitative estimate of drug-likeness (QED) is 0.692. The zero-order valence-corrected chi connectivity index (χ0v) is 8.19. The van der Waals surface area contributed by atoms with Gasteiger partial charge in [-0.2, -0.15) is 0 Å². The Morgan fingerprint density at radius 2 is 1.85 bits per heavy atom. The van der Waals surface area contributed by atoms with Gasteiger partial charge in [-0.05, 0) is 12.1 Å². The van der Waals surface area contributed by atoms with Gasteiger partial charge in [0.2, 0.25) is 0 Å². The summed E-state index contributed by atoms with van der Waals surface area (Å²) in [6.07, 6.45) is 0. The summed E-state index contributed by atoms with van der Waals surface area (Å²) in [6.45, 7) is 3.55. The Balaban J connectivity index is 2.27. The first kappa shape index (κ1) is 10.1. The lowest BCUT2D eigenvalue weighted by molar-refractivity contribution is 0.127. The van der Waals surface area contributed by atoms with Crippen LogP contribution in [-0.4, -0.2) is 20.3 Å². The van der Waals surface area contributed by atoms with Gasteiger partial charge in [0.15, 0.2) is 0 Å². The molecule has 0 saturated heterocycles. The molecule has 0 aliphatic heterocycles. The van der Waals surface area contributed by atoms with Gasteiger partial charge in [0.05, 0.1) is 13.2 Å². The lowest BCUT2D eigenvalue weighted by Gasteiger charge is -2.11. The van der Waals surface area contributed by atoms with E-state index in [0.29, 0.717) is 12.5 Å². The van der Waals surface area contributed by atoms with Crippen molar-refractivity contribution in [3.63, 3.8) is 0 Å². The zero-order chi connectivity index (χ0) is 9.52. The second-order valence-corrected chi connectivity index (χ2v) is 3.18. The Bertz CT molecular complexity index is 221. The number of hydrogen-bond acceptors (Lipinski definition) is 2. The molecule has 1 rings (SSSR count).